The van der Waals surface area contributed by atoms with Crippen LogP contribution in [0.15, 0.2) is 12.1 Å². The van der Waals surface area contributed by atoms with Gasteiger partial charge in [0.1, 0.15) is 5.75 Å². The molecule has 0 fully saturated rings. The lowest BCUT2D eigenvalue weighted by molar-refractivity contribution is -0.136. The molecule has 1 aromatic carbocycles. The number of phenolic OH excluding ortho intramolecular Hbond substituents is 1. The van der Waals surface area contributed by atoms with Crippen molar-refractivity contribution in [3.63, 3.8) is 0 Å². The zero-order chi connectivity index (χ0) is 11.8. The zero-order valence-electron chi connectivity index (χ0n) is 7.72. The third kappa shape index (κ3) is 2.03. The van der Waals surface area contributed by atoms with E-state index >= 15 is 0 Å². The minimum Gasteiger partial charge on any atom is -0.507 e. The van der Waals surface area contributed by atoms with Crippen molar-refractivity contribution in [3.05, 3.63) is 23.3 Å². The van der Waals surface area contributed by atoms with Crippen LogP contribution in [0.5, 0.6) is 5.75 Å². The molecule has 0 spiro atoms. The molecule has 3 N–H and O–H groups in total. The van der Waals surface area contributed by atoms with Gasteiger partial charge in [0.2, 0.25) is 0 Å². The van der Waals surface area contributed by atoms with Gasteiger partial charge in [-0.05, 0) is 19.1 Å². The topological polar surface area (TPSA) is 63.3 Å². The number of anilines is 1. The van der Waals surface area contributed by atoms with Crippen LogP contribution in [-0.4, -0.2) is 10.9 Å². The summed E-state index contributed by atoms with van der Waals surface area (Å²) in [5.41, 5.74) is 2.81. The lowest BCUT2D eigenvalue weighted by atomic mass is 10.0. The number of halogens is 3. The first-order valence-corrected chi connectivity index (χ1v) is 3.94. The van der Waals surface area contributed by atoms with Gasteiger partial charge in [-0.1, -0.05) is 0 Å². The van der Waals surface area contributed by atoms with Gasteiger partial charge in [0, 0.05) is 0 Å². The Balaban J connectivity index is 3.49. The predicted molar refractivity (Wildman–Crippen MR) is 47.5 cm³/mol. The fourth-order valence-electron chi connectivity index (χ4n) is 1.23. The Morgan fingerprint density at radius 3 is 2.33 bits per heavy atom. The van der Waals surface area contributed by atoms with Crippen LogP contribution in [0.4, 0.5) is 18.9 Å². The highest BCUT2D eigenvalue weighted by atomic mass is 19.4. The number of benzene rings is 1. The molecule has 1 aromatic rings. The average molecular weight is 219 g/mol. The first-order valence-electron chi connectivity index (χ1n) is 3.94. The van der Waals surface area contributed by atoms with Crippen molar-refractivity contribution in [2.75, 3.05) is 5.73 Å². The van der Waals surface area contributed by atoms with Crippen molar-refractivity contribution in [1.82, 2.24) is 0 Å². The number of alkyl halides is 3. The van der Waals surface area contributed by atoms with E-state index < -0.39 is 34.5 Å². The van der Waals surface area contributed by atoms with E-state index in [1.54, 1.807) is 0 Å². The zero-order valence-corrected chi connectivity index (χ0v) is 7.72. The number of nitrogens with two attached hydrogens (primary N) is 1. The Morgan fingerprint density at radius 2 is 1.93 bits per heavy atom. The highest BCUT2D eigenvalue weighted by Gasteiger charge is 2.34. The molecule has 0 aromatic heterocycles. The maximum Gasteiger partial charge on any atom is 0.418 e. The number of phenols is 1. The first kappa shape index (κ1) is 11.4. The summed E-state index contributed by atoms with van der Waals surface area (Å²) in [6.07, 6.45) is -4.64. The van der Waals surface area contributed by atoms with Crippen LogP contribution in [0.1, 0.15) is 22.8 Å². The monoisotopic (exact) mass is 219 g/mol. The Hall–Kier alpha value is -1.72. The Bertz CT molecular complexity index is 413. The molecule has 0 amide bonds. The minimum absolute atomic E-state index is 0.496. The van der Waals surface area contributed by atoms with Crippen molar-refractivity contribution in [2.45, 2.75) is 13.1 Å². The molecule has 0 radical (unpaired) electrons. The van der Waals surface area contributed by atoms with E-state index in [0.29, 0.717) is 6.07 Å². The lowest BCUT2D eigenvalue weighted by Crippen LogP contribution is -2.12. The molecular formula is C9H8F3NO2. The van der Waals surface area contributed by atoms with Gasteiger partial charge in [0.15, 0.2) is 5.78 Å². The number of carbonyl (C=O) groups is 1. The van der Waals surface area contributed by atoms with E-state index in [1.807, 2.05) is 0 Å². The van der Waals surface area contributed by atoms with Crippen LogP contribution in [0.2, 0.25) is 0 Å². The highest BCUT2D eigenvalue weighted by Crippen LogP contribution is 2.38. The molecule has 82 valence electrons. The fourth-order valence-corrected chi connectivity index (χ4v) is 1.23. The van der Waals surface area contributed by atoms with Crippen molar-refractivity contribution in [1.29, 1.82) is 0 Å². The predicted octanol–water partition coefficient (Wildman–Crippen LogP) is 2.20. The number of carbonyl (C=O) groups excluding carboxylic acids is 1. The third-order valence-electron chi connectivity index (χ3n) is 1.88. The fraction of sp³-hybridized carbons (Fsp3) is 0.222. The van der Waals surface area contributed by atoms with Crippen LogP contribution in [0.3, 0.4) is 0 Å². The molecule has 0 atom stereocenters. The molecule has 1 rings (SSSR count). The van der Waals surface area contributed by atoms with E-state index in [1.165, 1.54) is 0 Å². The molecule has 15 heavy (non-hydrogen) atoms. The SMILES string of the molecule is CC(=O)c1c(O)ccc(C(F)(F)F)c1N. The smallest absolute Gasteiger partial charge is 0.418 e. The molecule has 0 unspecified atom stereocenters. The average Bonchev–Trinajstić information content (AvgIpc) is 2.00. The largest absolute Gasteiger partial charge is 0.507 e. The van der Waals surface area contributed by atoms with E-state index in [4.69, 9.17) is 5.73 Å². The number of hydrogen-bond acceptors (Lipinski definition) is 3. The lowest BCUT2D eigenvalue weighted by Gasteiger charge is -2.13. The van der Waals surface area contributed by atoms with Gasteiger partial charge in [-0.15, -0.1) is 0 Å². The first-order chi connectivity index (χ1) is 6.75. The summed E-state index contributed by atoms with van der Waals surface area (Å²) in [6, 6.07) is 1.44. The van der Waals surface area contributed by atoms with E-state index in [9.17, 15) is 23.1 Å². The van der Waals surface area contributed by atoms with Crippen LogP contribution >= 0.6 is 0 Å². The summed E-state index contributed by atoms with van der Waals surface area (Å²) in [4.78, 5) is 11.0. The number of Topliss-reactive ketones (excluding diaryl/α,β-unsaturated/α-hetero) is 1. The van der Waals surface area contributed by atoms with Crippen LogP contribution < -0.4 is 5.73 Å². The van der Waals surface area contributed by atoms with Crippen molar-refractivity contribution in [2.24, 2.45) is 0 Å². The minimum atomic E-state index is -4.64. The quantitative estimate of drug-likeness (QED) is 0.562. The molecule has 0 bridgehead atoms. The van der Waals surface area contributed by atoms with Gasteiger partial charge >= 0.3 is 6.18 Å². The van der Waals surface area contributed by atoms with Crippen molar-refractivity contribution >= 4 is 11.5 Å². The van der Waals surface area contributed by atoms with Crippen molar-refractivity contribution in [3.8, 4) is 5.75 Å². The molecular weight excluding hydrogens is 211 g/mol. The molecule has 3 nitrogen and oxygen atoms in total. The van der Waals surface area contributed by atoms with Gasteiger partial charge in [0.25, 0.3) is 0 Å². The second-order valence-electron chi connectivity index (χ2n) is 2.97. The maximum atomic E-state index is 12.4. The molecule has 0 aliphatic carbocycles. The molecule has 6 heteroatoms. The second-order valence-corrected chi connectivity index (χ2v) is 2.97. The molecule has 0 saturated carbocycles. The number of ketones is 1. The summed E-state index contributed by atoms with van der Waals surface area (Å²) >= 11 is 0. The van der Waals surface area contributed by atoms with E-state index in [2.05, 4.69) is 0 Å². The Morgan fingerprint density at radius 1 is 1.40 bits per heavy atom. The molecule has 0 aliphatic heterocycles. The molecule has 0 saturated heterocycles. The van der Waals surface area contributed by atoms with Gasteiger partial charge in [0.05, 0.1) is 16.8 Å². The summed E-state index contributed by atoms with van der Waals surface area (Å²) < 4.78 is 37.1. The highest BCUT2D eigenvalue weighted by molar-refractivity contribution is 6.02. The van der Waals surface area contributed by atoms with Crippen LogP contribution in [0, 0.1) is 0 Å². The van der Waals surface area contributed by atoms with E-state index in [-0.39, 0.29) is 0 Å². The summed E-state index contributed by atoms with van der Waals surface area (Å²) in [5, 5.41) is 9.18. The number of nitrogen functional groups attached to an aromatic ring is 1. The van der Waals surface area contributed by atoms with Gasteiger partial charge < -0.3 is 10.8 Å². The third-order valence-corrected chi connectivity index (χ3v) is 1.88. The van der Waals surface area contributed by atoms with Crippen LogP contribution in [-0.2, 0) is 6.18 Å². The van der Waals surface area contributed by atoms with E-state index in [0.717, 1.165) is 13.0 Å². The number of hydrogen-bond donors (Lipinski definition) is 2. The number of aromatic hydroxyl groups is 1. The molecule has 0 heterocycles. The van der Waals surface area contributed by atoms with Crippen LogP contribution in [0.25, 0.3) is 0 Å². The van der Waals surface area contributed by atoms with Gasteiger partial charge in [-0.25, -0.2) is 0 Å². The Labute approximate surface area is 83.3 Å². The summed E-state index contributed by atoms with van der Waals surface area (Å²) in [6.45, 7) is 1.03. The normalized spacial score (nSPS) is 11.5. The Kier molecular flexibility index (Phi) is 2.61. The standard InChI is InChI=1S/C9H8F3NO2/c1-4(14)7-6(15)3-2-5(8(7)13)9(10,11)12/h2-3,15H,13H2,1H3. The summed E-state index contributed by atoms with van der Waals surface area (Å²) in [7, 11) is 0. The number of rotatable bonds is 1. The molecule has 0 aliphatic rings. The maximum absolute atomic E-state index is 12.4. The van der Waals surface area contributed by atoms with Gasteiger partial charge in [-0.2, -0.15) is 13.2 Å². The van der Waals surface area contributed by atoms with Crippen molar-refractivity contribution < 1.29 is 23.1 Å². The second kappa shape index (κ2) is 3.45. The van der Waals surface area contributed by atoms with Gasteiger partial charge in [-0.3, -0.25) is 4.79 Å². The summed E-state index contributed by atoms with van der Waals surface area (Å²) in [5.74, 6) is -1.26.